The molecule has 3 rings (SSSR count). The van der Waals surface area contributed by atoms with Gasteiger partial charge in [0.2, 0.25) is 0 Å². The largest absolute Gasteiger partial charge is 0.489 e. The predicted molar refractivity (Wildman–Crippen MR) is 95.6 cm³/mol. The number of benzene rings is 2. The quantitative estimate of drug-likeness (QED) is 0.753. The predicted octanol–water partition coefficient (Wildman–Crippen LogP) is 4.25. The SMILES string of the molecule is COC1CCN(Cc2cc(OCc3ccccc3)ccc2Br)C1. The third-order valence-electron chi connectivity index (χ3n) is 4.22. The van der Waals surface area contributed by atoms with Crippen LogP contribution in [0.5, 0.6) is 5.75 Å². The minimum absolute atomic E-state index is 0.367. The topological polar surface area (TPSA) is 21.7 Å². The van der Waals surface area contributed by atoms with E-state index < -0.39 is 0 Å². The number of methoxy groups -OCH3 is 1. The molecule has 0 spiro atoms. The summed E-state index contributed by atoms with van der Waals surface area (Å²) < 4.78 is 12.5. The van der Waals surface area contributed by atoms with Crippen molar-refractivity contribution in [3.63, 3.8) is 0 Å². The summed E-state index contributed by atoms with van der Waals surface area (Å²) >= 11 is 3.65. The Labute approximate surface area is 146 Å². The highest BCUT2D eigenvalue weighted by molar-refractivity contribution is 9.10. The van der Waals surface area contributed by atoms with Gasteiger partial charge >= 0.3 is 0 Å². The molecule has 4 heteroatoms. The van der Waals surface area contributed by atoms with E-state index in [4.69, 9.17) is 9.47 Å². The second-order valence-corrected chi connectivity index (χ2v) is 6.76. The first-order valence-electron chi connectivity index (χ1n) is 7.95. The molecule has 0 aromatic heterocycles. The maximum atomic E-state index is 5.93. The van der Waals surface area contributed by atoms with Gasteiger partial charge in [-0.15, -0.1) is 0 Å². The van der Waals surface area contributed by atoms with Crippen LogP contribution in [0.15, 0.2) is 53.0 Å². The summed E-state index contributed by atoms with van der Waals surface area (Å²) in [5, 5.41) is 0. The fourth-order valence-electron chi connectivity index (χ4n) is 2.88. The molecule has 3 nitrogen and oxygen atoms in total. The molecule has 1 heterocycles. The van der Waals surface area contributed by atoms with Crippen molar-refractivity contribution in [3.05, 3.63) is 64.1 Å². The van der Waals surface area contributed by atoms with Gasteiger partial charge in [-0.1, -0.05) is 46.3 Å². The molecule has 0 aliphatic carbocycles. The Morgan fingerprint density at radius 2 is 2.00 bits per heavy atom. The van der Waals surface area contributed by atoms with Crippen LogP contribution >= 0.6 is 15.9 Å². The number of nitrogens with zero attached hydrogens (tertiary/aromatic N) is 1. The number of hydrogen-bond acceptors (Lipinski definition) is 3. The van der Waals surface area contributed by atoms with Crippen LogP contribution in [0.2, 0.25) is 0 Å². The Balaban J connectivity index is 1.62. The monoisotopic (exact) mass is 375 g/mol. The van der Waals surface area contributed by atoms with Crippen molar-refractivity contribution in [2.24, 2.45) is 0 Å². The van der Waals surface area contributed by atoms with Crippen LogP contribution in [0, 0.1) is 0 Å². The maximum Gasteiger partial charge on any atom is 0.120 e. The van der Waals surface area contributed by atoms with E-state index >= 15 is 0 Å². The van der Waals surface area contributed by atoms with Crippen LogP contribution in [0.4, 0.5) is 0 Å². The van der Waals surface area contributed by atoms with Crippen LogP contribution < -0.4 is 4.74 Å². The number of halogens is 1. The average Bonchev–Trinajstić information content (AvgIpc) is 3.04. The van der Waals surface area contributed by atoms with Gasteiger partial charge in [0.1, 0.15) is 12.4 Å². The standard InChI is InChI=1S/C19H22BrNO2/c1-22-18-9-10-21(13-18)12-16-11-17(7-8-19(16)20)23-14-15-5-3-2-4-6-15/h2-8,11,18H,9-10,12-14H2,1H3. The average molecular weight is 376 g/mol. The summed E-state index contributed by atoms with van der Waals surface area (Å²) in [5.74, 6) is 0.912. The van der Waals surface area contributed by atoms with Crippen molar-refractivity contribution in [2.45, 2.75) is 25.7 Å². The number of hydrogen-bond donors (Lipinski definition) is 0. The number of rotatable bonds is 6. The van der Waals surface area contributed by atoms with Crippen LogP contribution in [0.3, 0.4) is 0 Å². The fourth-order valence-corrected chi connectivity index (χ4v) is 3.25. The Morgan fingerprint density at radius 3 is 2.74 bits per heavy atom. The maximum absolute atomic E-state index is 5.93. The first-order chi connectivity index (χ1) is 11.2. The van der Waals surface area contributed by atoms with E-state index in [1.807, 2.05) is 24.3 Å². The van der Waals surface area contributed by atoms with Gasteiger partial charge in [-0.25, -0.2) is 0 Å². The van der Waals surface area contributed by atoms with Gasteiger partial charge < -0.3 is 9.47 Å². The highest BCUT2D eigenvalue weighted by atomic mass is 79.9. The van der Waals surface area contributed by atoms with E-state index in [9.17, 15) is 0 Å². The van der Waals surface area contributed by atoms with Gasteiger partial charge in [0.05, 0.1) is 6.10 Å². The summed E-state index contributed by atoms with van der Waals surface area (Å²) in [7, 11) is 1.79. The van der Waals surface area contributed by atoms with Crippen molar-refractivity contribution >= 4 is 15.9 Å². The molecule has 0 amide bonds. The normalized spacial score (nSPS) is 18.3. The van der Waals surface area contributed by atoms with E-state index in [-0.39, 0.29) is 0 Å². The lowest BCUT2D eigenvalue weighted by Gasteiger charge is -2.17. The van der Waals surface area contributed by atoms with Gasteiger partial charge in [0.15, 0.2) is 0 Å². The molecule has 2 aromatic carbocycles. The van der Waals surface area contributed by atoms with Crippen LogP contribution in [0.25, 0.3) is 0 Å². The van der Waals surface area contributed by atoms with Gasteiger partial charge in [0.25, 0.3) is 0 Å². The van der Waals surface area contributed by atoms with Crippen LogP contribution in [0.1, 0.15) is 17.5 Å². The zero-order valence-corrected chi connectivity index (χ0v) is 15.0. The first-order valence-corrected chi connectivity index (χ1v) is 8.74. The molecule has 1 saturated heterocycles. The van der Waals surface area contributed by atoms with Crippen molar-refractivity contribution in [3.8, 4) is 5.75 Å². The lowest BCUT2D eigenvalue weighted by molar-refractivity contribution is 0.107. The lowest BCUT2D eigenvalue weighted by Crippen LogP contribution is -2.22. The van der Waals surface area contributed by atoms with E-state index in [1.54, 1.807) is 7.11 Å². The van der Waals surface area contributed by atoms with Gasteiger partial charge in [-0.3, -0.25) is 4.90 Å². The minimum Gasteiger partial charge on any atom is -0.489 e. The summed E-state index contributed by atoms with van der Waals surface area (Å²) in [6.07, 6.45) is 1.48. The highest BCUT2D eigenvalue weighted by Crippen LogP contribution is 2.26. The Kier molecular flexibility index (Phi) is 5.70. The third kappa shape index (κ3) is 4.56. The molecule has 0 bridgehead atoms. The van der Waals surface area contributed by atoms with Crippen LogP contribution in [-0.4, -0.2) is 31.2 Å². The Hall–Kier alpha value is -1.36. The van der Waals surface area contributed by atoms with Gasteiger partial charge in [-0.2, -0.15) is 0 Å². The lowest BCUT2D eigenvalue weighted by atomic mass is 10.2. The van der Waals surface area contributed by atoms with Crippen LogP contribution in [-0.2, 0) is 17.9 Å². The van der Waals surface area contributed by atoms with E-state index in [2.05, 4.69) is 45.1 Å². The molecule has 1 aliphatic heterocycles. The molecule has 0 radical (unpaired) electrons. The number of likely N-dealkylation sites (tertiary alicyclic amines) is 1. The van der Waals surface area contributed by atoms with E-state index in [1.165, 1.54) is 11.1 Å². The first kappa shape index (κ1) is 16.5. The summed E-state index contributed by atoms with van der Waals surface area (Å²) in [6.45, 7) is 3.60. The zero-order valence-electron chi connectivity index (χ0n) is 13.4. The molecule has 122 valence electrons. The summed E-state index contributed by atoms with van der Waals surface area (Å²) in [5.41, 5.74) is 2.44. The molecular formula is C19H22BrNO2. The van der Waals surface area contributed by atoms with Gasteiger partial charge in [0, 0.05) is 31.2 Å². The van der Waals surface area contributed by atoms with Gasteiger partial charge in [-0.05, 0) is 35.7 Å². The molecule has 0 N–H and O–H groups in total. The molecule has 23 heavy (non-hydrogen) atoms. The molecule has 1 fully saturated rings. The smallest absolute Gasteiger partial charge is 0.120 e. The molecule has 0 saturated carbocycles. The number of ether oxygens (including phenoxy) is 2. The molecule has 2 aromatic rings. The summed E-state index contributed by atoms with van der Waals surface area (Å²) in [6, 6.07) is 16.5. The molecular weight excluding hydrogens is 354 g/mol. The van der Waals surface area contributed by atoms with E-state index in [0.717, 1.165) is 36.3 Å². The summed E-state index contributed by atoms with van der Waals surface area (Å²) in [4.78, 5) is 2.43. The highest BCUT2D eigenvalue weighted by Gasteiger charge is 2.22. The second kappa shape index (κ2) is 7.95. The van der Waals surface area contributed by atoms with Crippen molar-refractivity contribution in [2.75, 3.05) is 20.2 Å². The van der Waals surface area contributed by atoms with E-state index in [0.29, 0.717) is 12.7 Å². The third-order valence-corrected chi connectivity index (χ3v) is 5.00. The second-order valence-electron chi connectivity index (χ2n) is 5.91. The van der Waals surface area contributed by atoms with Crippen molar-refractivity contribution < 1.29 is 9.47 Å². The van der Waals surface area contributed by atoms with Crippen molar-refractivity contribution in [1.29, 1.82) is 0 Å². The molecule has 1 aliphatic rings. The molecule has 1 atom stereocenters. The Morgan fingerprint density at radius 1 is 1.17 bits per heavy atom. The minimum atomic E-state index is 0.367. The zero-order chi connectivity index (χ0) is 16.1. The Bertz CT molecular complexity index is 633. The fraction of sp³-hybridized carbons (Fsp3) is 0.368. The van der Waals surface area contributed by atoms with Crippen molar-refractivity contribution in [1.82, 2.24) is 4.90 Å². The molecule has 1 unspecified atom stereocenters.